The summed E-state index contributed by atoms with van der Waals surface area (Å²) in [7, 11) is 0. The van der Waals surface area contributed by atoms with Crippen molar-refractivity contribution in [1.29, 1.82) is 0 Å². The Hall–Kier alpha value is -0.900. The van der Waals surface area contributed by atoms with E-state index in [1.807, 2.05) is 0 Å². The van der Waals surface area contributed by atoms with Gasteiger partial charge in [-0.1, -0.05) is 0 Å². The zero-order chi connectivity index (χ0) is 8.72. The minimum Gasteiger partial charge on any atom is -0.375 e. The predicted molar refractivity (Wildman–Crippen MR) is 48.3 cm³/mol. The van der Waals surface area contributed by atoms with Crippen molar-refractivity contribution in [3.63, 3.8) is 0 Å². The number of Topliss-reactive ketones (excluding diaryl/α,β-unsaturated/α-hetero) is 1. The zero-order valence-electron chi connectivity index (χ0n) is 6.83. The molecule has 1 heterocycles. The van der Waals surface area contributed by atoms with Gasteiger partial charge in [0.05, 0.1) is 11.6 Å². The molecule has 1 unspecified atom stereocenters. The van der Waals surface area contributed by atoms with E-state index in [4.69, 9.17) is 5.73 Å². The van der Waals surface area contributed by atoms with Gasteiger partial charge >= 0.3 is 0 Å². The van der Waals surface area contributed by atoms with Gasteiger partial charge in [-0.25, -0.2) is 4.98 Å². The number of ketones is 1. The first-order valence-corrected chi connectivity index (χ1v) is 4.75. The summed E-state index contributed by atoms with van der Waals surface area (Å²) in [5.74, 6) is 0.229. The van der Waals surface area contributed by atoms with Gasteiger partial charge in [0.1, 0.15) is 5.78 Å². The second kappa shape index (κ2) is 2.55. The lowest BCUT2D eigenvalue weighted by atomic mass is 10.0. The van der Waals surface area contributed by atoms with Crippen LogP contribution in [0.25, 0.3) is 0 Å². The van der Waals surface area contributed by atoms with E-state index in [2.05, 4.69) is 4.98 Å². The molecule has 1 aromatic rings. The van der Waals surface area contributed by atoms with Crippen LogP contribution in [-0.4, -0.2) is 10.8 Å². The molecular weight excluding hydrogens is 172 g/mol. The first kappa shape index (κ1) is 7.73. The third kappa shape index (κ3) is 1.03. The molecule has 0 aliphatic heterocycles. The van der Waals surface area contributed by atoms with Crippen LogP contribution in [0, 0.1) is 0 Å². The van der Waals surface area contributed by atoms with Crippen LogP contribution in [0.5, 0.6) is 0 Å². The van der Waals surface area contributed by atoms with E-state index in [-0.39, 0.29) is 11.7 Å². The Kier molecular flexibility index (Phi) is 1.65. The predicted octanol–water partition coefficient (Wildman–Crippen LogP) is 1.34. The molecule has 64 valence electrons. The molecule has 3 nitrogen and oxygen atoms in total. The summed E-state index contributed by atoms with van der Waals surface area (Å²) in [6.45, 7) is 1.62. The standard InChI is InChI=1S/C8H10N2OS/c1-4(11)5-2-3-6-7(5)10-8(9)12-6/h5H,2-3H2,1H3,(H2,9,10). The number of carbonyl (C=O) groups is 1. The van der Waals surface area contributed by atoms with E-state index >= 15 is 0 Å². The van der Waals surface area contributed by atoms with Gasteiger partial charge in [-0.2, -0.15) is 0 Å². The lowest BCUT2D eigenvalue weighted by Gasteiger charge is -2.01. The molecule has 1 aliphatic rings. The Labute approximate surface area is 74.6 Å². The Morgan fingerprint density at radius 3 is 3.17 bits per heavy atom. The third-order valence-electron chi connectivity index (χ3n) is 2.22. The molecule has 0 spiro atoms. The summed E-state index contributed by atoms with van der Waals surface area (Å²) in [5.41, 5.74) is 6.48. The number of anilines is 1. The molecule has 1 aromatic heterocycles. The summed E-state index contributed by atoms with van der Waals surface area (Å²) in [6, 6.07) is 0. The maximum Gasteiger partial charge on any atom is 0.180 e. The van der Waals surface area contributed by atoms with Gasteiger partial charge < -0.3 is 5.73 Å². The van der Waals surface area contributed by atoms with Crippen molar-refractivity contribution in [3.8, 4) is 0 Å². The number of nitrogen functional groups attached to an aromatic ring is 1. The number of hydrogen-bond donors (Lipinski definition) is 1. The number of nitrogens with two attached hydrogens (primary N) is 1. The van der Waals surface area contributed by atoms with E-state index in [9.17, 15) is 4.79 Å². The molecule has 0 amide bonds. The van der Waals surface area contributed by atoms with Gasteiger partial charge in [-0.05, 0) is 19.8 Å². The van der Waals surface area contributed by atoms with Crippen molar-refractivity contribution < 1.29 is 4.79 Å². The molecule has 0 saturated heterocycles. The summed E-state index contributed by atoms with van der Waals surface area (Å²) >= 11 is 1.51. The minimum atomic E-state index is 0.0218. The fourth-order valence-corrected chi connectivity index (χ4v) is 2.55. The number of aromatic nitrogens is 1. The molecule has 12 heavy (non-hydrogen) atoms. The molecule has 0 fully saturated rings. The number of rotatable bonds is 1. The van der Waals surface area contributed by atoms with Crippen LogP contribution in [0.4, 0.5) is 5.13 Å². The van der Waals surface area contributed by atoms with Crippen LogP contribution >= 0.6 is 11.3 Å². The topological polar surface area (TPSA) is 56.0 Å². The van der Waals surface area contributed by atoms with Gasteiger partial charge in [0.2, 0.25) is 0 Å². The Morgan fingerprint density at radius 2 is 2.50 bits per heavy atom. The van der Waals surface area contributed by atoms with E-state index in [1.54, 1.807) is 6.92 Å². The zero-order valence-corrected chi connectivity index (χ0v) is 7.65. The number of nitrogens with zero attached hydrogens (tertiary/aromatic N) is 1. The van der Waals surface area contributed by atoms with Crippen molar-refractivity contribution in [2.24, 2.45) is 0 Å². The van der Waals surface area contributed by atoms with Crippen molar-refractivity contribution in [2.45, 2.75) is 25.7 Å². The molecular formula is C8H10N2OS. The average Bonchev–Trinajstić information content (AvgIpc) is 2.43. The van der Waals surface area contributed by atoms with Crippen LogP contribution in [0.1, 0.15) is 29.8 Å². The number of aryl methyl sites for hydroxylation is 1. The molecule has 0 radical (unpaired) electrons. The molecule has 2 rings (SSSR count). The third-order valence-corrected chi connectivity index (χ3v) is 3.19. The van der Waals surface area contributed by atoms with E-state index in [0.29, 0.717) is 5.13 Å². The van der Waals surface area contributed by atoms with Crippen LogP contribution in [-0.2, 0) is 11.2 Å². The minimum absolute atomic E-state index is 0.0218. The number of fused-ring (bicyclic) bond motifs is 1. The normalized spacial score (nSPS) is 20.9. The highest BCUT2D eigenvalue weighted by molar-refractivity contribution is 7.15. The fourth-order valence-electron chi connectivity index (χ4n) is 1.64. The lowest BCUT2D eigenvalue weighted by molar-refractivity contribution is -0.118. The van der Waals surface area contributed by atoms with E-state index in [1.165, 1.54) is 16.2 Å². The maximum absolute atomic E-state index is 11.1. The molecule has 4 heteroatoms. The maximum atomic E-state index is 11.1. The average molecular weight is 182 g/mol. The van der Waals surface area contributed by atoms with Crippen LogP contribution in [0.3, 0.4) is 0 Å². The van der Waals surface area contributed by atoms with Crippen LogP contribution in [0.15, 0.2) is 0 Å². The highest BCUT2D eigenvalue weighted by atomic mass is 32.1. The van der Waals surface area contributed by atoms with Gasteiger partial charge in [0.25, 0.3) is 0 Å². The number of carbonyl (C=O) groups excluding carboxylic acids is 1. The molecule has 2 N–H and O–H groups in total. The summed E-state index contributed by atoms with van der Waals surface area (Å²) in [5, 5.41) is 0.589. The summed E-state index contributed by atoms with van der Waals surface area (Å²) in [6.07, 6.45) is 1.89. The Morgan fingerprint density at radius 1 is 1.75 bits per heavy atom. The van der Waals surface area contributed by atoms with Crippen molar-refractivity contribution in [3.05, 3.63) is 10.6 Å². The summed E-state index contributed by atoms with van der Waals surface area (Å²) < 4.78 is 0. The van der Waals surface area contributed by atoms with Crippen LogP contribution < -0.4 is 5.73 Å². The second-order valence-electron chi connectivity index (χ2n) is 3.06. The first-order valence-electron chi connectivity index (χ1n) is 3.94. The lowest BCUT2D eigenvalue weighted by Crippen LogP contribution is -2.05. The monoisotopic (exact) mass is 182 g/mol. The highest BCUT2D eigenvalue weighted by Crippen LogP contribution is 2.37. The van der Waals surface area contributed by atoms with E-state index < -0.39 is 0 Å². The Bertz CT molecular complexity index is 332. The van der Waals surface area contributed by atoms with Gasteiger partial charge in [-0.3, -0.25) is 4.79 Å². The highest BCUT2D eigenvalue weighted by Gasteiger charge is 2.29. The quantitative estimate of drug-likeness (QED) is 0.713. The number of hydrogen-bond acceptors (Lipinski definition) is 4. The van der Waals surface area contributed by atoms with Gasteiger partial charge in [-0.15, -0.1) is 11.3 Å². The SMILES string of the molecule is CC(=O)C1CCc2sc(N)nc21. The fraction of sp³-hybridized carbons (Fsp3) is 0.500. The molecule has 1 atom stereocenters. The first-order chi connectivity index (χ1) is 5.68. The Balaban J connectivity index is 2.41. The largest absolute Gasteiger partial charge is 0.375 e. The molecule has 1 aliphatic carbocycles. The molecule has 0 saturated carbocycles. The molecule has 0 aromatic carbocycles. The molecule has 0 bridgehead atoms. The van der Waals surface area contributed by atoms with Crippen molar-refractivity contribution >= 4 is 22.3 Å². The summed E-state index contributed by atoms with van der Waals surface area (Å²) in [4.78, 5) is 16.5. The smallest absolute Gasteiger partial charge is 0.180 e. The van der Waals surface area contributed by atoms with Crippen LogP contribution in [0.2, 0.25) is 0 Å². The van der Waals surface area contributed by atoms with Crippen molar-refractivity contribution in [2.75, 3.05) is 5.73 Å². The van der Waals surface area contributed by atoms with Crippen molar-refractivity contribution in [1.82, 2.24) is 4.98 Å². The van der Waals surface area contributed by atoms with Gasteiger partial charge in [0, 0.05) is 4.88 Å². The number of thiazole rings is 1. The van der Waals surface area contributed by atoms with Gasteiger partial charge in [0.15, 0.2) is 5.13 Å². The van der Waals surface area contributed by atoms with E-state index in [0.717, 1.165) is 18.5 Å². The second-order valence-corrected chi connectivity index (χ2v) is 4.18.